The number of H-pyrrole nitrogens is 1. The number of hydrogen-bond donors (Lipinski definition) is 3. The molecule has 2 aromatic heterocycles. The molecule has 3 fully saturated rings. The highest BCUT2D eigenvalue weighted by Crippen LogP contribution is 2.40. The summed E-state index contributed by atoms with van der Waals surface area (Å²) in [5.41, 5.74) is 3.05. The first-order valence-electron chi connectivity index (χ1n) is 12.2. The molecule has 1 aliphatic carbocycles. The van der Waals surface area contributed by atoms with Crippen molar-refractivity contribution in [3.8, 4) is 11.8 Å². The Bertz CT molecular complexity index is 1240. The molecule has 2 aliphatic heterocycles. The van der Waals surface area contributed by atoms with Gasteiger partial charge in [0.1, 0.15) is 29.4 Å². The molecule has 9 heteroatoms. The number of ether oxygens (including phenoxy) is 2. The summed E-state index contributed by atoms with van der Waals surface area (Å²) in [4.78, 5) is 14.9. The van der Waals surface area contributed by atoms with E-state index in [2.05, 4.69) is 37.6 Å². The molecule has 3 aliphatic rings. The molecule has 1 aromatic carbocycles. The number of aromatic nitrogens is 3. The molecule has 1 saturated carbocycles. The first kappa shape index (κ1) is 21.1. The molecule has 2 atom stereocenters. The number of anilines is 4. The molecular weight excluding hydrogens is 430 g/mol. The first-order chi connectivity index (χ1) is 16.7. The molecule has 2 saturated heterocycles. The van der Waals surface area contributed by atoms with Gasteiger partial charge in [0, 0.05) is 30.5 Å². The van der Waals surface area contributed by atoms with Crippen LogP contribution in [0.4, 0.5) is 23.1 Å². The summed E-state index contributed by atoms with van der Waals surface area (Å²) in [5.74, 6) is 1.86. The Balaban J connectivity index is 1.30. The van der Waals surface area contributed by atoms with Crippen LogP contribution in [0.2, 0.25) is 0 Å². The van der Waals surface area contributed by atoms with Gasteiger partial charge >= 0.3 is 0 Å². The average molecular weight is 460 g/mol. The van der Waals surface area contributed by atoms with Crippen LogP contribution in [0.1, 0.15) is 50.5 Å². The maximum atomic E-state index is 9.58. The Labute approximate surface area is 198 Å². The summed E-state index contributed by atoms with van der Waals surface area (Å²) < 4.78 is 11.5. The second-order valence-electron chi connectivity index (χ2n) is 9.32. The van der Waals surface area contributed by atoms with Gasteiger partial charge in [0.15, 0.2) is 6.23 Å². The fourth-order valence-electron chi connectivity index (χ4n) is 5.29. The van der Waals surface area contributed by atoms with Gasteiger partial charge in [-0.25, -0.2) is 0 Å². The van der Waals surface area contributed by atoms with Crippen LogP contribution in [0.25, 0.3) is 11.0 Å². The van der Waals surface area contributed by atoms with Gasteiger partial charge in [-0.2, -0.15) is 15.2 Å². The van der Waals surface area contributed by atoms with E-state index in [0.29, 0.717) is 35.1 Å². The molecule has 2 unspecified atom stereocenters. The third-order valence-corrected chi connectivity index (χ3v) is 7.11. The summed E-state index contributed by atoms with van der Waals surface area (Å²) in [6, 6.07) is 8.72. The third kappa shape index (κ3) is 3.88. The predicted molar refractivity (Wildman–Crippen MR) is 131 cm³/mol. The fraction of sp³-hybridized carbons (Fsp3) is 0.480. The molecule has 0 bridgehead atoms. The molecule has 9 nitrogen and oxygen atoms in total. The predicted octanol–water partition coefficient (Wildman–Crippen LogP) is 4.65. The molecule has 3 aromatic rings. The van der Waals surface area contributed by atoms with Crippen molar-refractivity contribution in [3.63, 3.8) is 0 Å². The van der Waals surface area contributed by atoms with Gasteiger partial charge in [0.25, 0.3) is 0 Å². The highest BCUT2D eigenvalue weighted by atomic mass is 16.6. The fourth-order valence-corrected chi connectivity index (χ4v) is 5.29. The van der Waals surface area contributed by atoms with Crippen LogP contribution in [0.15, 0.2) is 24.4 Å². The Morgan fingerprint density at radius 2 is 2.06 bits per heavy atom. The summed E-state index contributed by atoms with van der Waals surface area (Å²) in [6.07, 6.45) is 10.4. The molecule has 176 valence electrons. The van der Waals surface area contributed by atoms with Gasteiger partial charge in [0.05, 0.1) is 23.7 Å². The smallest absolute Gasteiger partial charge is 0.231 e. The monoisotopic (exact) mass is 459 g/mol. The lowest BCUT2D eigenvalue weighted by Crippen LogP contribution is -2.32. The number of epoxide rings is 1. The quantitative estimate of drug-likeness (QED) is 0.456. The number of aromatic amines is 1. The van der Waals surface area contributed by atoms with Crippen LogP contribution in [-0.4, -0.2) is 47.0 Å². The third-order valence-electron chi connectivity index (χ3n) is 7.11. The standard InChI is InChI=1S/C25H29N7O2/c1-33-20-12-17(32-11-5-8-19-24(32)34-19)9-10-18(20)29-25-30-22-21(15(13-26)14-27-22)23(31-25)28-16-6-3-2-4-7-16/h9-10,12,14,16,19,24H,2-8,11H2,1H3,(H3,27,28,29,30,31). The van der Waals surface area contributed by atoms with Gasteiger partial charge in [-0.3, -0.25) is 0 Å². The summed E-state index contributed by atoms with van der Waals surface area (Å²) >= 11 is 0. The van der Waals surface area contributed by atoms with Crippen LogP contribution in [0, 0.1) is 11.3 Å². The highest BCUT2D eigenvalue weighted by Gasteiger charge is 2.46. The lowest BCUT2D eigenvalue weighted by Gasteiger charge is -2.26. The van der Waals surface area contributed by atoms with Crippen molar-refractivity contribution in [2.75, 3.05) is 29.2 Å². The number of hydrogen-bond acceptors (Lipinski definition) is 8. The number of nitrogens with one attached hydrogen (secondary N) is 3. The van der Waals surface area contributed by atoms with Crippen LogP contribution in [0.5, 0.6) is 5.75 Å². The van der Waals surface area contributed by atoms with Crippen molar-refractivity contribution < 1.29 is 9.47 Å². The van der Waals surface area contributed by atoms with Gasteiger partial charge < -0.3 is 30.0 Å². The van der Waals surface area contributed by atoms with E-state index in [4.69, 9.17) is 14.5 Å². The Hall–Kier alpha value is -3.51. The number of rotatable bonds is 6. The topological polar surface area (TPSA) is 114 Å². The summed E-state index contributed by atoms with van der Waals surface area (Å²) in [5, 5.41) is 17.2. The van der Waals surface area contributed by atoms with Crippen molar-refractivity contribution >= 4 is 34.2 Å². The van der Waals surface area contributed by atoms with Gasteiger partial charge in [-0.1, -0.05) is 19.3 Å². The minimum absolute atomic E-state index is 0.193. The van der Waals surface area contributed by atoms with E-state index in [0.717, 1.165) is 54.7 Å². The molecule has 0 radical (unpaired) electrons. The normalized spacial score (nSPS) is 22.2. The van der Waals surface area contributed by atoms with Gasteiger partial charge in [-0.05, 0) is 37.8 Å². The summed E-state index contributed by atoms with van der Waals surface area (Å²) in [6.45, 7) is 0.987. The molecule has 3 N–H and O–H groups in total. The maximum Gasteiger partial charge on any atom is 0.231 e. The van der Waals surface area contributed by atoms with Crippen LogP contribution >= 0.6 is 0 Å². The van der Waals surface area contributed by atoms with Gasteiger partial charge in [-0.15, -0.1) is 0 Å². The van der Waals surface area contributed by atoms with Crippen LogP contribution in [-0.2, 0) is 4.74 Å². The van der Waals surface area contributed by atoms with E-state index in [1.807, 2.05) is 12.1 Å². The molecule has 0 spiro atoms. The Kier molecular flexibility index (Phi) is 5.38. The molecular formula is C25H29N7O2. The first-order valence-corrected chi connectivity index (χ1v) is 12.2. The SMILES string of the molecule is COc1cc(N2CCCC3OC32)ccc1Nc1nc(NC2CCCCC2)c2c(C#N)c[nH]c2n1. The van der Waals surface area contributed by atoms with Crippen molar-refractivity contribution in [2.24, 2.45) is 0 Å². The van der Waals surface area contributed by atoms with Crippen molar-refractivity contribution in [1.29, 1.82) is 5.26 Å². The largest absolute Gasteiger partial charge is 0.494 e. The van der Waals surface area contributed by atoms with Crippen LogP contribution < -0.4 is 20.3 Å². The molecule has 0 amide bonds. The van der Waals surface area contributed by atoms with Crippen LogP contribution in [0.3, 0.4) is 0 Å². The van der Waals surface area contributed by atoms with Crippen molar-refractivity contribution in [3.05, 3.63) is 30.0 Å². The Morgan fingerprint density at radius 3 is 2.88 bits per heavy atom. The van der Waals surface area contributed by atoms with Crippen molar-refractivity contribution in [1.82, 2.24) is 15.0 Å². The van der Waals surface area contributed by atoms with E-state index < -0.39 is 0 Å². The number of fused-ring (bicyclic) bond motifs is 2. The lowest BCUT2D eigenvalue weighted by molar-refractivity contribution is 0.373. The highest BCUT2D eigenvalue weighted by molar-refractivity contribution is 5.93. The minimum atomic E-state index is 0.193. The number of nitrogens with zero attached hydrogens (tertiary/aromatic N) is 4. The lowest BCUT2D eigenvalue weighted by atomic mass is 9.95. The van der Waals surface area contributed by atoms with E-state index in [1.165, 1.54) is 19.3 Å². The molecule has 4 heterocycles. The van der Waals surface area contributed by atoms with E-state index in [-0.39, 0.29) is 6.23 Å². The minimum Gasteiger partial charge on any atom is -0.494 e. The molecule has 34 heavy (non-hydrogen) atoms. The van der Waals surface area contributed by atoms with E-state index in [1.54, 1.807) is 13.3 Å². The van der Waals surface area contributed by atoms with Crippen molar-refractivity contribution in [2.45, 2.75) is 63.3 Å². The number of nitriles is 1. The maximum absolute atomic E-state index is 9.58. The summed E-state index contributed by atoms with van der Waals surface area (Å²) in [7, 11) is 1.67. The average Bonchev–Trinajstić information content (AvgIpc) is 3.56. The zero-order chi connectivity index (χ0) is 23.1. The molecule has 6 rings (SSSR count). The second-order valence-corrected chi connectivity index (χ2v) is 9.32. The number of benzene rings is 1. The zero-order valence-corrected chi connectivity index (χ0v) is 19.3. The number of methoxy groups -OCH3 is 1. The number of piperidine rings is 1. The van der Waals surface area contributed by atoms with Gasteiger partial charge in [0.2, 0.25) is 5.95 Å². The van der Waals surface area contributed by atoms with E-state index in [9.17, 15) is 5.26 Å². The zero-order valence-electron chi connectivity index (χ0n) is 19.3. The second kappa shape index (κ2) is 8.69. The Morgan fingerprint density at radius 1 is 1.18 bits per heavy atom. The van der Waals surface area contributed by atoms with E-state index >= 15 is 0 Å².